The first-order valence-corrected chi connectivity index (χ1v) is 8.65. The molecule has 0 aliphatic carbocycles. The smallest absolute Gasteiger partial charge is 0.339 e. The van der Waals surface area contributed by atoms with Crippen LogP contribution in [0.3, 0.4) is 0 Å². The molecule has 0 saturated heterocycles. The summed E-state index contributed by atoms with van der Waals surface area (Å²) in [5.74, 6) is -0.746. The second-order valence-electron chi connectivity index (χ2n) is 4.36. The van der Waals surface area contributed by atoms with Gasteiger partial charge in [-0.2, -0.15) is 0 Å². The number of carbonyl (C=O) groups excluding carboxylic acids is 1. The van der Waals surface area contributed by atoms with Gasteiger partial charge in [-0.05, 0) is 41.9 Å². The normalized spacial score (nSPS) is 11.7. The van der Waals surface area contributed by atoms with Gasteiger partial charge in [0.25, 0.3) is 0 Å². The Morgan fingerprint density at radius 1 is 1.38 bits per heavy atom. The van der Waals surface area contributed by atoms with Gasteiger partial charge >= 0.3 is 5.97 Å². The molecule has 118 valence electrons. The summed E-state index contributed by atoms with van der Waals surface area (Å²) in [5, 5.41) is 5.12. The fraction of sp³-hybridized carbons (Fsp3) is 0.417. The van der Waals surface area contributed by atoms with Crippen molar-refractivity contribution in [3.63, 3.8) is 0 Å². The molecule has 0 atom stereocenters. The molecular formula is C12H15BrClNO5S. The Balaban J connectivity index is 2.90. The van der Waals surface area contributed by atoms with E-state index in [1.54, 1.807) is 0 Å². The highest BCUT2D eigenvalue weighted by atomic mass is 79.9. The largest absolute Gasteiger partial charge is 0.460 e. The van der Waals surface area contributed by atoms with Crippen LogP contribution in [0.2, 0.25) is 5.02 Å². The molecule has 1 aromatic carbocycles. The Hall–Kier alpha value is -0.670. The van der Waals surface area contributed by atoms with Gasteiger partial charge in [0.15, 0.2) is 0 Å². The van der Waals surface area contributed by atoms with Gasteiger partial charge in [-0.1, -0.05) is 11.6 Å². The average Bonchev–Trinajstić information content (AvgIpc) is 2.32. The number of hydrogen-bond donors (Lipinski definition) is 1. The van der Waals surface area contributed by atoms with E-state index in [1.807, 2.05) is 13.8 Å². The van der Waals surface area contributed by atoms with Crippen molar-refractivity contribution in [2.24, 2.45) is 5.14 Å². The maximum absolute atomic E-state index is 11.9. The third-order valence-electron chi connectivity index (χ3n) is 2.32. The van der Waals surface area contributed by atoms with Gasteiger partial charge in [-0.15, -0.1) is 0 Å². The van der Waals surface area contributed by atoms with Crippen LogP contribution >= 0.6 is 27.5 Å². The summed E-state index contributed by atoms with van der Waals surface area (Å²) < 4.78 is 33.2. The minimum Gasteiger partial charge on any atom is -0.460 e. The molecule has 0 spiro atoms. The van der Waals surface area contributed by atoms with Crippen LogP contribution in [0.4, 0.5) is 0 Å². The van der Waals surface area contributed by atoms with E-state index in [-0.39, 0.29) is 39.3 Å². The molecule has 0 fully saturated rings. The van der Waals surface area contributed by atoms with Crippen molar-refractivity contribution < 1.29 is 22.7 Å². The van der Waals surface area contributed by atoms with Gasteiger partial charge < -0.3 is 9.47 Å². The number of ether oxygens (including phenoxy) is 2. The molecule has 0 bridgehead atoms. The first-order chi connectivity index (χ1) is 9.62. The molecule has 21 heavy (non-hydrogen) atoms. The van der Waals surface area contributed by atoms with E-state index in [0.717, 1.165) is 6.07 Å². The van der Waals surface area contributed by atoms with E-state index >= 15 is 0 Å². The Kier molecular flexibility index (Phi) is 6.61. The van der Waals surface area contributed by atoms with Crippen LogP contribution in [0, 0.1) is 0 Å². The van der Waals surface area contributed by atoms with E-state index in [2.05, 4.69) is 15.9 Å². The predicted octanol–water partition coefficient (Wildman–Crippen LogP) is 2.33. The molecule has 0 aromatic heterocycles. The fourth-order valence-corrected chi connectivity index (χ4v) is 3.41. The van der Waals surface area contributed by atoms with Crippen molar-refractivity contribution in [3.8, 4) is 0 Å². The number of esters is 1. The maximum atomic E-state index is 11.9. The highest BCUT2D eigenvalue weighted by Gasteiger charge is 2.20. The molecular weight excluding hydrogens is 386 g/mol. The third kappa shape index (κ3) is 5.55. The van der Waals surface area contributed by atoms with Gasteiger partial charge in [-0.3, -0.25) is 0 Å². The first-order valence-electron chi connectivity index (χ1n) is 5.93. The lowest BCUT2D eigenvalue weighted by Gasteiger charge is -2.10. The lowest BCUT2D eigenvalue weighted by Crippen LogP contribution is -2.16. The Morgan fingerprint density at radius 2 is 2.00 bits per heavy atom. The first kappa shape index (κ1) is 18.4. The summed E-state index contributed by atoms with van der Waals surface area (Å²) in [6.45, 7) is 3.98. The summed E-state index contributed by atoms with van der Waals surface area (Å²) in [6, 6.07) is 2.36. The lowest BCUT2D eigenvalue weighted by atomic mass is 10.2. The second kappa shape index (κ2) is 7.55. The topological polar surface area (TPSA) is 95.7 Å². The number of primary sulfonamides is 1. The SMILES string of the molecule is CC(C)OCCOC(=O)c1cc(S(N)(=O)=O)c(Br)cc1Cl. The van der Waals surface area contributed by atoms with E-state index < -0.39 is 16.0 Å². The number of hydrogen-bond acceptors (Lipinski definition) is 5. The number of benzene rings is 1. The standard InChI is InChI=1S/C12H15BrClNO5S/c1-7(2)19-3-4-20-12(16)8-5-11(21(15,17)18)9(13)6-10(8)14/h5-7H,3-4H2,1-2H3,(H2,15,17,18). The number of halogens is 2. The average molecular weight is 401 g/mol. The predicted molar refractivity (Wildman–Crippen MR) is 81.9 cm³/mol. The van der Waals surface area contributed by atoms with Crippen LogP contribution < -0.4 is 5.14 Å². The highest BCUT2D eigenvalue weighted by molar-refractivity contribution is 9.10. The second-order valence-corrected chi connectivity index (χ2v) is 7.15. The molecule has 0 aliphatic heterocycles. The monoisotopic (exact) mass is 399 g/mol. The molecule has 1 aromatic rings. The van der Waals surface area contributed by atoms with Crippen molar-refractivity contribution in [2.45, 2.75) is 24.8 Å². The summed E-state index contributed by atoms with van der Waals surface area (Å²) in [4.78, 5) is 11.6. The van der Waals surface area contributed by atoms with Crippen molar-refractivity contribution in [3.05, 3.63) is 27.2 Å². The molecule has 0 aliphatic rings. The van der Waals surface area contributed by atoms with Gasteiger partial charge in [0.05, 0.1) is 28.2 Å². The number of sulfonamides is 1. The minimum absolute atomic E-state index is 0.0222. The number of rotatable bonds is 6. The number of nitrogens with two attached hydrogens (primary N) is 1. The minimum atomic E-state index is -3.98. The summed E-state index contributed by atoms with van der Waals surface area (Å²) in [7, 11) is -3.98. The molecule has 0 amide bonds. The summed E-state index contributed by atoms with van der Waals surface area (Å²) >= 11 is 8.94. The summed E-state index contributed by atoms with van der Waals surface area (Å²) in [5.41, 5.74) is -0.0755. The summed E-state index contributed by atoms with van der Waals surface area (Å²) in [6.07, 6.45) is 0.0222. The molecule has 1 rings (SSSR count). The Bertz CT molecular complexity index is 633. The fourth-order valence-electron chi connectivity index (χ4n) is 1.40. The van der Waals surface area contributed by atoms with Crippen LogP contribution in [0.25, 0.3) is 0 Å². The third-order valence-corrected chi connectivity index (χ3v) is 4.50. The van der Waals surface area contributed by atoms with Crippen LogP contribution in [0.5, 0.6) is 0 Å². The molecule has 0 heterocycles. The van der Waals surface area contributed by atoms with Crippen molar-refractivity contribution in [1.82, 2.24) is 0 Å². The molecule has 0 saturated carbocycles. The van der Waals surface area contributed by atoms with Crippen LogP contribution in [-0.4, -0.2) is 33.7 Å². The maximum Gasteiger partial charge on any atom is 0.339 e. The Morgan fingerprint density at radius 3 is 2.52 bits per heavy atom. The lowest BCUT2D eigenvalue weighted by molar-refractivity contribution is 0.0177. The van der Waals surface area contributed by atoms with Gasteiger partial charge in [0, 0.05) is 4.47 Å². The highest BCUT2D eigenvalue weighted by Crippen LogP contribution is 2.28. The van der Waals surface area contributed by atoms with Crippen molar-refractivity contribution in [1.29, 1.82) is 0 Å². The molecule has 9 heteroatoms. The van der Waals surface area contributed by atoms with Gasteiger partial charge in [0.2, 0.25) is 10.0 Å². The van der Waals surface area contributed by atoms with E-state index in [1.165, 1.54) is 6.07 Å². The quantitative estimate of drug-likeness (QED) is 0.584. The zero-order valence-corrected chi connectivity index (χ0v) is 14.6. The van der Waals surface area contributed by atoms with Crippen LogP contribution in [-0.2, 0) is 19.5 Å². The zero-order valence-electron chi connectivity index (χ0n) is 11.4. The van der Waals surface area contributed by atoms with Crippen LogP contribution in [0.15, 0.2) is 21.5 Å². The molecule has 6 nitrogen and oxygen atoms in total. The number of carbonyl (C=O) groups is 1. The van der Waals surface area contributed by atoms with E-state index in [4.69, 9.17) is 26.2 Å². The van der Waals surface area contributed by atoms with E-state index in [0.29, 0.717) is 0 Å². The molecule has 0 radical (unpaired) electrons. The molecule has 2 N–H and O–H groups in total. The van der Waals surface area contributed by atoms with Gasteiger partial charge in [-0.25, -0.2) is 18.4 Å². The van der Waals surface area contributed by atoms with Crippen molar-refractivity contribution >= 4 is 43.5 Å². The zero-order chi connectivity index (χ0) is 16.2. The molecule has 0 unspecified atom stereocenters. The van der Waals surface area contributed by atoms with Crippen molar-refractivity contribution in [2.75, 3.05) is 13.2 Å². The van der Waals surface area contributed by atoms with Gasteiger partial charge in [0.1, 0.15) is 6.61 Å². The van der Waals surface area contributed by atoms with E-state index in [9.17, 15) is 13.2 Å². The van der Waals surface area contributed by atoms with Crippen LogP contribution in [0.1, 0.15) is 24.2 Å². The Labute approximate surface area is 136 Å².